The van der Waals surface area contributed by atoms with E-state index in [4.69, 9.17) is 4.74 Å². The second-order valence-corrected chi connectivity index (χ2v) is 8.58. The summed E-state index contributed by atoms with van der Waals surface area (Å²) in [6, 6.07) is 4.91. The van der Waals surface area contributed by atoms with Crippen molar-refractivity contribution in [1.29, 1.82) is 0 Å². The van der Waals surface area contributed by atoms with Crippen LogP contribution in [0.15, 0.2) is 18.2 Å². The normalized spacial score (nSPS) is 31.5. The Morgan fingerprint density at radius 1 is 1.18 bits per heavy atom. The number of ether oxygens (including phenoxy) is 1. The summed E-state index contributed by atoms with van der Waals surface area (Å²) < 4.78 is 19.0. The lowest BCUT2D eigenvalue weighted by Gasteiger charge is -2.48. The van der Waals surface area contributed by atoms with Crippen LogP contribution in [0.5, 0.6) is 5.75 Å². The molecule has 28 heavy (non-hydrogen) atoms. The zero-order valence-corrected chi connectivity index (χ0v) is 16.7. The van der Waals surface area contributed by atoms with Crippen LogP contribution < -0.4 is 4.74 Å². The first-order valence-electron chi connectivity index (χ1n) is 10.6. The lowest BCUT2D eigenvalue weighted by atomic mass is 9.82. The summed E-state index contributed by atoms with van der Waals surface area (Å²) in [4.78, 5) is 18.1. The van der Waals surface area contributed by atoms with E-state index in [1.807, 2.05) is 0 Å². The fourth-order valence-electron chi connectivity index (χ4n) is 5.48. The van der Waals surface area contributed by atoms with Crippen LogP contribution in [0.1, 0.15) is 56.9 Å². The van der Waals surface area contributed by atoms with Crippen molar-refractivity contribution in [1.82, 2.24) is 9.80 Å². The zero-order valence-electron chi connectivity index (χ0n) is 16.7. The van der Waals surface area contributed by atoms with E-state index in [0.717, 1.165) is 70.0 Å². The minimum Gasteiger partial charge on any atom is -0.496 e. The highest BCUT2D eigenvalue weighted by atomic mass is 19.1. The third kappa shape index (κ3) is 3.52. The smallest absolute Gasteiger partial charge is 0.243 e. The van der Waals surface area contributed by atoms with Crippen molar-refractivity contribution in [3.05, 3.63) is 29.6 Å². The molecule has 1 saturated carbocycles. The number of hydrogen-bond donors (Lipinski definition) is 1. The van der Waals surface area contributed by atoms with E-state index in [-0.39, 0.29) is 23.9 Å². The van der Waals surface area contributed by atoms with E-state index in [1.165, 1.54) is 12.1 Å². The van der Waals surface area contributed by atoms with Gasteiger partial charge in [0.25, 0.3) is 0 Å². The molecular formula is C22H31FN2O3. The van der Waals surface area contributed by atoms with E-state index in [9.17, 15) is 14.3 Å². The summed E-state index contributed by atoms with van der Waals surface area (Å²) in [5, 5.41) is 9.82. The molecule has 1 aromatic carbocycles. The molecule has 0 aromatic heterocycles. The van der Waals surface area contributed by atoms with Crippen molar-refractivity contribution in [2.45, 2.75) is 75.6 Å². The molecule has 0 bridgehead atoms. The molecule has 5 nitrogen and oxygen atoms in total. The van der Waals surface area contributed by atoms with Crippen molar-refractivity contribution >= 4 is 5.91 Å². The number of amides is 1. The van der Waals surface area contributed by atoms with Crippen LogP contribution in [0.3, 0.4) is 0 Å². The van der Waals surface area contributed by atoms with Gasteiger partial charge in [-0.05, 0) is 64.0 Å². The molecule has 1 aromatic rings. The quantitative estimate of drug-likeness (QED) is 0.858. The maximum Gasteiger partial charge on any atom is 0.243 e. The number of hydrogen-bond acceptors (Lipinski definition) is 4. The standard InChI is InChI=1S/C22H31FN2O3/c1-28-20-14-17(23)5-4-16(20)15-24-12-2-10-22(24)11-3-13-25(21(22)27)18-6-8-19(26)9-7-18/h4-5,14,18-19,26H,2-3,6-13,15H2,1H3. The first-order chi connectivity index (χ1) is 13.5. The number of rotatable bonds is 4. The van der Waals surface area contributed by atoms with Gasteiger partial charge < -0.3 is 14.7 Å². The number of piperidine rings is 1. The first kappa shape index (κ1) is 19.6. The number of methoxy groups -OCH3 is 1. The van der Waals surface area contributed by atoms with Gasteiger partial charge in [0.2, 0.25) is 5.91 Å². The topological polar surface area (TPSA) is 53.0 Å². The summed E-state index contributed by atoms with van der Waals surface area (Å²) >= 11 is 0. The van der Waals surface area contributed by atoms with Gasteiger partial charge in [-0.3, -0.25) is 9.69 Å². The van der Waals surface area contributed by atoms with E-state index in [2.05, 4.69) is 9.80 Å². The fraction of sp³-hybridized carbons (Fsp3) is 0.682. The van der Waals surface area contributed by atoms with E-state index in [1.54, 1.807) is 13.2 Å². The molecule has 1 amide bonds. The molecule has 1 atom stereocenters. The molecule has 1 aliphatic carbocycles. The van der Waals surface area contributed by atoms with Crippen LogP contribution in [0.2, 0.25) is 0 Å². The van der Waals surface area contributed by atoms with Crippen LogP contribution in [-0.4, -0.2) is 58.7 Å². The Bertz CT molecular complexity index is 720. The third-order valence-corrected chi connectivity index (χ3v) is 6.99. The molecule has 1 N–H and O–H groups in total. The second kappa shape index (κ2) is 7.99. The van der Waals surface area contributed by atoms with Crippen LogP contribution >= 0.6 is 0 Å². The molecule has 3 aliphatic rings. The van der Waals surface area contributed by atoms with E-state index >= 15 is 0 Å². The van der Waals surface area contributed by atoms with Crippen LogP contribution in [0.25, 0.3) is 0 Å². The maximum absolute atomic E-state index is 13.7. The van der Waals surface area contributed by atoms with Gasteiger partial charge in [0.15, 0.2) is 0 Å². The third-order valence-electron chi connectivity index (χ3n) is 6.99. The molecule has 4 rings (SSSR count). The minimum absolute atomic E-state index is 0.209. The van der Waals surface area contributed by atoms with Crippen LogP contribution in [-0.2, 0) is 11.3 Å². The summed E-state index contributed by atoms with van der Waals surface area (Å²) in [5.74, 6) is 0.498. The Kier molecular flexibility index (Phi) is 5.61. The van der Waals surface area contributed by atoms with Crippen molar-refractivity contribution in [3.8, 4) is 5.75 Å². The maximum atomic E-state index is 13.7. The Balaban J connectivity index is 1.54. The van der Waals surface area contributed by atoms with E-state index in [0.29, 0.717) is 12.3 Å². The molecule has 2 saturated heterocycles. The largest absolute Gasteiger partial charge is 0.496 e. The number of carbonyl (C=O) groups is 1. The molecule has 154 valence electrons. The van der Waals surface area contributed by atoms with Gasteiger partial charge in [0.05, 0.1) is 13.2 Å². The highest BCUT2D eigenvalue weighted by molar-refractivity contribution is 5.88. The Morgan fingerprint density at radius 3 is 2.61 bits per heavy atom. The molecular weight excluding hydrogens is 359 g/mol. The fourth-order valence-corrected chi connectivity index (χ4v) is 5.48. The van der Waals surface area contributed by atoms with Gasteiger partial charge >= 0.3 is 0 Å². The number of benzene rings is 1. The zero-order chi connectivity index (χ0) is 19.7. The first-order valence-corrected chi connectivity index (χ1v) is 10.6. The van der Waals surface area contributed by atoms with Crippen LogP contribution in [0, 0.1) is 5.82 Å². The molecule has 2 heterocycles. The van der Waals surface area contributed by atoms with Gasteiger partial charge in [0, 0.05) is 30.8 Å². The predicted molar refractivity (Wildman–Crippen MR) is 105 cm³/mol. The van der Waals surface area contributed by atoms with Gasteiger partial charge in [-0.2, -0.15) is 0 Å². The Morgan fingerprint density at radius 2 is 1.89 bits per heavy atom. The Hall–Kier alpha value is -1.66. The lowest BCUT2D eigenvalue weighted by molar-refractivity contribution is -0.152. The Labute approximate surface area is 166 Å². The highest BCUT2D eigenvalue weighted by Gasteiger charge is 2.52. The monoisotopic (exact) mass is 390 g/mol. The van der Waals surface area contributed by atoms with E-state index < -0.39 is 5.54 Å². The molecule has 6 heteroatoms. The molecule has 1 unspecified atom stereocenters. The van der Waals surface area contributed by atoms with Crippen molar-refractivity contribution in [2.24, 2.45) is 0 Å². The van der Waals surface area contributed by atoms with Crippen molar-refractivity contribution in [2.75, 3.05) is 20.2 Å². The number of aliphatic hydroxyl groups excluding tert-OH is 1. The molecule has 0 radical (unpaired) electrons. The van der Waals surface area contributed by atoms with Crippen molar-refractivity contribution in [3.63, 3.8) is 0 Å². The van der Waals surface area contributed by atoms with Crippen LogP contribution in [0.4, 0.5) is 4.39 Å². The molecule has 1 spiro atoms. The number of nitrogens with zero attached hydrogens (tertiary/aromatic N) is 2. The summed E-state index contributed by atoms with van der Waals surface area (Å²) in [5.41, 5.74) is 0.490. The minimum atomic E-state index is -0.437. The van der Waals surface area contributed by atoms with Gasteiger partial charge in [0.1, 0.15) is 17.1 Å². The lowest BCUT2D eigenvalue weighted by Crippen LogP contribution is -2.62. The van der Waals surface area contributed by atoms with Gasteiger partial charge in [-0.15, -0.1) is 0 Å². The average molecular weight is 390 g/mol. The summed E-state index contributed by atoms with van der Waals surface area (Å²) in [6.45, 7) is 2.31. The number of aliphatic hydroxyl groups is 1. The SMILES string of the molecule is COc1cc(F)ccc1CN1CCCC12CCCN(C1CCC(O)CC1)C2=O. The highest BCUT2D eigenvalue weighted by Crippen LogP contribution is 2.41. The summed E-state index contributed by atoms with van der Waals surface area (Å²) in [6.07, 6.45) is 6.97. The molecule has 3 fully saturated rings. The van der Waals surface area contributed by atoms with Gasteiger partial charge in [-0.1, -0.05) is 6.07 Å². The summed E-state index contributed by atoms with van der Waals surface area (Å²) in [7, 11) is 1.56. The van der Waals surface area contributed by atoms with Gasteiger partial charge in [-0.25, -0.2) is 4.39 Å². The number of halogens is 1. The van der Waals surface area contributed by atoms with Crippen molar-refractivity contribution < 1.29 is 19.0 Å². The molecule has 2 aliphatic heterocycles. The number of likely N-dealkylation sites (tertiary alicyclic amines) is 2. The second-order valence-electron chi connectivity index (χ2n) is 8.58. The number of carbonyl (C=O) groups excluding carboxylic acids is 1. The predicted octanol–water partition coefficient (Wildman–Crippen LogP) is 3.09. The average Bonchev–Trinajstić information content (AvgIpc) is 3.09.